The van der Waals surface area contributed by atoms with E-state index in [1.165, 1.54) is 18.4 Å². The van der Waals surface area contributed by atoms with Gasteiger partial charge < -0.3 is 14.5 Å². The quantitative estimate of drug-likeness (QED) is 0.867. The molecule has 0 spiro atoms. The van der Waals surface area contributed by atoms with Crippen molar-refractivity contribution in [3.8, 4) is 5.75 Å². The highest BCUT2D eigenvalue weighted by Crippen LogP contribution is 2.41. The maximum Gasteiger partial charge on any atom is 0.118 e. The summed E-state index contributed by atoms with van der Waals surface area (Å²) in [5, 5.41) is 3.63. The third-order valence-corrected chi connectivity index (χ3v) is 3.86. The molecule has 1 saturated carbocycles. The van der Waals surface area contributed by atoms with E-state index in [9.17, 15) is 0 Å². The molecule has 1 atom stereocenters. The third-order valence-electron chi connectivity index (χ3n) is 3.86. The first-order valence-corrected chi connectivity index (χ1v) is 7.19. The van der Waals surface area contributed by atoms with Crippen LogP contribution in [0.3, 0.4) is 0 Å². The topological polar surface area (TPSA) is 34.4 Å². The molecule has 2 aromatic rings. The largest absolute Gasteiger partial charge is 0.497 e. The van der Waals surface area contributed by atoms with Gasteiger partial charge in [0.25, 0.3) is 0 Å². The van der Waals surface area contributed by atoms with Crippen LogP contribution in [-0.2, 0) is 6.54 Å². The van der Waals surface area contributed by atoms with Gasteiger partial charge in [-0.15, -0.1) is 0 Å². The Morgan fingerprint density at radius 3 is 2.50 bits per heavy atom. The molecule has 3 nitrogen and oxygen atoms in total. The van der Waals surface area contributed by atoms with Crippen molar-refractivity contribution in [2.24, 2.45) is 5.92 Å². The molecule has 0 saturated heterocycles. The van der Waals surface area contributed by atoms with Gasteiger partial charge in [-0.2, -0.15) is 0 Å². The van der Waals surface area contributed by atoms with Gasteiger partial charge in [-0.3, -0.25) is 0 Å². The second-order valence-electron chi connectivity index (χ2n) is 5.48. The molecule has 20 heavy (non-hydrogen) atoms. The van der Waals surface area contributed by atoms with Crippen molar-refractivity contribution < 1.29 is 9.15 Å². The maximum atomic E-state index is 5.62. The fraction of sp³-hybridized carbons (Fsp3) is 0.412. The second-order valence-corrected chi connectivity index (χ2v) is 5.48. The molecule has 0 radical (unpaired) electrons. The fourth-order valence-corrected chi connectivity index (χ4v) is 2.59. The molecule has 1 aromatic carbocycles. The predicted octanol–water partition coefficient (Wildman–Crippen LogP) is 3.84. The van der Waals surface area contributed by atoms with Crippen molar-refractivity contribution in [2.45, 2.75) is 32.4 Å². The van der Waals surface area contributed by atoms with Gasteiger partial charge in [-0.05, 0) is 55.5 Å². The first kappa shape index (κ1) is 13.3. The smallest absolute Gasteiger partial charge is 0.118 e. The normalized spacial score (nSPS) is 16.1. The second kappa shape index (κ2) is 5.71. The van der Waals surface area contributed by atoms with Crippen LogP contribution in [0.15, 0.2) is 40.8 Å². The molecule has 0 bridgehead atoms. The first-order valence-electron chi connectivity index (χ1n) is 7.19. The van der Waals surface area contributed by atoms with Crippen molar-refractivity contribution >= 4 is 0 Å². The number of methoxy groups -OCH3 is 1. The third kappa shape index (κ3) is 3.05. The minimum absolute atomic E-state index is 0.409. The summed E-state index contributed by atoms with van der Waals surface area (Å²) < 4.78 is 10.8. The number of hydrogen-bond donors (Lipinski definition) is 1. The number of furan rings is 1. The molecule has 1 unspecified atom stereocenters. The standard InChI is InChI=1S/C17H21NO2/c1-12-3-8-16(20-12)11-18-17(13-4-5-13)14-6-9-15(19-2)10-7-14/h3,6-10,13,17-18H,4-5,11H2,1-2H3. The predicted molar refractivity (Wildman–Crippen MR) is 78.7 cm³/mol. The minimum Gasteiger partial charge on any atom is -0.497 e. The lowest BCUT2D eigenvalue weighted by Crippen LogP contribution is -2.22. The van der Waals surface area contributed by atoms with Crippen LogP contribution in [0.2, 0.25) is 0 Å². The number of benzene rings is 1. The Labute approximate surface area is 119 Å². The molecule has 0 amide bonds. The summed E-state index contributed by atoms with van der Waals surface area (Å²) in [6.45, 7) is 2.76. The van der Waals surface area contributed by atoms with Gasteiger partial charge in [-0.1, -0.05) is 12.1 Å². The Morgan fingerprint density at radius 1 is 1.20 bits per heavy atom. The van der Waals surface area contributed by atoms with Crippen molar-refractivity contribution in [3.05, 3.63) is 53.5 Å². The molecule has 1 aliphatic rings. The summed E-state index contributed by atoms with van der Waals surface area (Å²) in [5.41, 5.74) is 1.33. The lowest BCUT2D eigenvalue weighted by molar-refractivity contribution is 0.409. The summed E-state index contributed by atoms with van der Waals surface area (Å²) in [7, 11) is 1.70. The molecule has 1 N–H and O–H groups in total. The maximum absolute atomic E-state index is 5.62. The van der Waals surface area contributed by atoms with E-state index >= 15 is 0 Å². The van der Waals surface area contributed by atoms with Crippen LogP contribution >= 0.6 is 0 Å². The van der Waals surface area contributed by atoms with Crippen molar-refractivity contribution in [1.82, 2.24) is 5.32 Å². The van der Waals surface area contributed by atoms with Crippen molar-refractivity contribution in [2.75, 3.05) is 7.11 Å². The number of rotatable bonds is 6. The van der Waals surface area contributed by atoms with Crippen molar-refractivity contribution in [3.63, 3.8) is 0 Å². The number of ether oxygens (including phenoxy) is 1. The molecule has 106 valence electrons. The summed E-state index contributed by atoms with van der Waals surface area (Å²) >= 11 is 0. The average molecular weight is 271 g/mol. The Kier molecular flexibility index (Phi) is 3.79. The van der Waals surface area contributed by atoms with E-state index in [-0.39, 0.29) is 0 Å². The average Bonchev–Trinajstić information content (AvgIpc) is 3.22. The summed E-state index contributed by atoms with van der Waals surface area (Å²) in [5.74, 6) is 3.63. The van der Waals surface area contributed by atoms with E-state index in [2.05, 4.69) is 17.4 Å². The molecule has 0 aliphatic heterocycles. The van der Waals surface area contributed by atoms with Gasteiger partial charge in [0.1, 0.15) is 17.3 Å². The Morgan fingerprint density at radius 2 is 1.95 bits per heavy atom. The highest BCUT2D eigenvalue weighted by molar-refractivity contribution is 5.30. The highest BCUT2D eigenvalue weighted by Gasteiger charge is 2.32. The van der Waals surface area contributed by atoms with Crippen LogP contribution in [0, 0.1) is 12.8 Å². The molecule has 3 rings (SSSR count). The van der Waals surface area contributed by atoms with Crippen LogP contribution in [-0.4, -0.2) is 7.11 Å². The van der Waals surface area contributed by atoms with E-state index < -0.39 is 0 Å². The van der Waals surface area contributed by atoms with Gasteiger partial charge in [-0.25, -0.2) is 0 Å². The number of nitrogens with one attached hydrogen (secondary N) is 1. The molecule has 1 heterocycles. The van der Waals surface area contributed by atoms with Crippen LogP contribution in [0.25, 0.3) is 0 Å². The van der Waals surface area contributed by atoms with Gasteiger partial charge in [0.15, 0.2) is 0 Å². The lowest BCUT2D eigenvalue weighted by atomic mass is 10.0. The molecular formula is C17H21NO2. The zero-order chi connectivity index (χ0) is 13.9. The van der Waals surface area contributed by atoms with E-state index in [0.29, 0.717) is 6.04 Å². The van der Waals surface area contributed by atoms with Crippen LogP contribution < -0.4 is 10.1 Å². The van der Waals surface area contributed by atoms with Gasteiger partial charge >= 0.3 is 0 Å². The summed E-state index contributed by atoms with van der Waals surface area (Å²) in [6.07, 6.45) is 2.61. The molecule has 3 heteroatoms. The Hall–Kier alpha value is -1.74. The van der Waals surface area contributed by atoms with E-state index in [1.54, 1.807) is 7.11 Å². The van der Waals surface area contributed by atoms with E-state index in [4.69, 9.17) is 9.15 Å². The van der Waals surface area contributed by atoms with E-state index in [0.717, 1.165) is 29.7 Å². The number of aryl methyl sites for hydroxylation is 1. The SMILES string of the molecule is COc1ccc(C(NCc2ccc(C)o2)C2CC2)cc1. The van der Waals surface area contributed by atoms with Gasteiger partial charge in [0.05, 0.1) is 13.7 Å². The minimum atomic E-state index is 0.409. The van der Waals surface area contributed by atoms with E-state index in [1.807, 2.05) is 31.2 Å². The molecule has 1 fully saturated rings. The lowest BCUT2D eigenvalue weighted by Gasteiger charge is -2.18. The van der Waals surface area contributed by atoms with Crippen LogP contribution in [0.5, 0.6) is 5.75 Å². The first-order chi connectivity index (χ1) is 9.76. The Balaban J connectivity index is 1.68. The summed E-state index contributed by atoms with van der Waals surface area (Å²) in [6, 6.07) is 12.8. The molecular weight excluding hydrogens is 250 g/mol. The van der Waals surface area contributed by atoms with Crippen LogP contribution in [0.1, 0.15) is 36.0 Å². The molecule has 1 aromatic heterocycles. The van der Waals surface area contributed by atoms with Crippen molar-refractivity contribution in [1.29, 1.82) is 0 Å². The van der Waals surface area contributed by atoms with Crippen LogP contribution in [0.4, 0.5) is 0 Å². The Bertz CT molecular complexity index is 555. The fourth-order valence-electron chi connectivity index (χ4n) is 2.59. The van der Waals surface area contributed by atoms with Gasteiger partial charge in [0, 0.05) is 6.04 Å². The van der Waals surface area contributed by atoms with Gasteiger partial charge in [0.2, 0.25) is 0 Å². The number of hydrogen-bond acceptors (Lipinski definition) is 3. The molecule has 1 aliphatic carbocycles. The zero-order valence-corrected chi connectivity index (χ0v) is 12.1. The summed E-state index contributed by atoms with van der Waals surface area (Å²) in [4.78, 5) is 0. The zero-order valence-electron chi connectivity index (χ0n) is 12.1. The monoisotopic (exact) mass is 271 g/mol. The highest BCUT2D eigenvalue weighted by atomic mass is 16.5.